The fraction of sp³-hybridized carbons (Fsp3) is 0.455. The van der Waals surface area contributed by atoms with Crippen LogP contribution in [0.3, 0.4) is 0 Å². The van der Waals surface area contributed by atoms with E-state index < -0.39 is 5.97 Å². The number of hydrogen-bond acceptors (Lipinski definition) is 5. The fourth-order valence-corrected chi connectivity index (χ4v) is 1.99. The molecule has 0 amide bonds. The van der Waals surface area contributed by atoms with E-state index in [1.165, 1.54) is 12.3 Å². The lowest BCUT2D eigenvalue weighted by atomic mass is 10.2. The third-order valence-electron chi connectivity index (χ3n) is 2.74. The van der Waals surface area contributed by atoms with Gasteiger partial charge in [-0.1, -0.05) is 11.6 Å². The number of aliphatic hydroxyl groups excluding tert-OH is 1. The van der Waals surface area contributed by atoms with Crippen molar-refractivity contribution in [2.24, 2.45) is 0 Å². The Hall–Kier alpha value is -1.37. The van der Waals surface area contributed by atoms with Gasteiger partial charge in [-0.2, -0.15) is 0 Å². The summed E-state index contributed by atoms with van der Waals surface area (Å²) in [5.41, 5.74) is 0.0220. The van der Waals surface area contributed by atoms with Gasteiger partial charge in [0.15, 0.2) is 0 Å². The zero-order chi connectivity index (χ0) is 13.1. The minimum atomic E-state index is -1.09. The molecule has 0 spiro atoms. The van der Waals surface area contributed by atoms with Gasteiger partial charge in [0.25, 0.3) is 0 Å². The number of aromatic carboxylic acids is 1. The molecule has 0 bridgehead atoms. The molecular weight excluding hydrogens is 260 g/mol. The normalized spacial score (nSPS) is 19.9. The van der Waals surface area contributed by atoms with Crippen molar-refractivity contribution in [2.45, 2.75) is 6.10 Å². The molecule has 1 aliphatic rings. The largest absolute Gasteiger partial charge is 0.478 e. The molecule has 1 atom stereocenters. The van der Waals surface area contributed by atoms with E-state index in [9.17, 15) is 4.79 Å². The standard InChI is InChI=1S/C11H13ClN2O4/c12-9-4-13-10(3-8(9)11(16)17)14-1-2-18-7(5-14)6-15/h3-4,7,15H,1-2,5-6H2,(H,16,17). The van der Waals surface area contributed by atoms with Gasteiger partial charge in [-0.3, -0.25) is 0 Å². The lowest BCUT2D eigenvalue weighted by molar-refractivity contribution is 0.00336. The number of halogens is 1. The first-order valence-electron chi connectivity index (χ1n) is 5.48. The quantitative estimate of drug-likeness (QED) is 0.840. The highest BCUT2D eigenvalue weighted by Crippen LogP contribution is 2.22. The molecule has 6 nitrogen and oxygen atoms in total. The molecule has 0 aromatic carbocycles. The van der Waals surface area contributed by atoms with Crippen LogP contribution >= 0.6 is 11.6 Å². The SMILES string of the molecule is O=C(O)c1cc(N2CCOC(CO)C2)ncc1Cl. The van der Waals surface area contributed by atoms with Gasteiger partial charge in [0.1, 0.15) is 5.82 Å². The van der Waals surface area contributed by atoms with Crippen LogP contribution in [0.1, 0.15) is 10.4 Å². The average Bonchev–Trinajstić information content (AvgIpc) is 2.39. The van der Waals surface area contributed by atoms with Crippen molar-refractivity contribution in [3.05, 3.63) is 22.8 Å². The lowest BCUT2D eigenvalue weighted by Crippen LogP contribution is -2.44. The van der Waals surface area contributed by atoms with Crippen molar-refractivity contribution >= 4 is 23.4 Å². The predicted molar refractivity (Wildman–Crippen MR) is 65.2 cm³/mol. The van der Waals surface area contributed by atoms with Crippen molar-refractivity contribution in [1.29, 1.82) is 0 Å². The molecule has 0 radical (unpaired) electrons. The summed E-state index contributed by atoms with van der Waals surface area (Å²) >= 11 is 5.76. The van der Waals surface area contributed by atoms with E-state index in [-0.39, 0.29) is 23.3 Å². The molecule has 1 aromatic rings. The molecular formula is C11H13ClN2O4. The molecule has 1 saturated heterocycles. The molecule has 1 unspecified atom stereocenters. The van der Waals surface area contributed by atoms with Crippen LogP contribution < -0.4 is 4.90 Å². The second kappa shape index (κ2) is 5.51. The van der Waals surface area contributed by atoms with Crippen molar-refractivity contribution in [3.63, 3.8) is 0 Å². The number of pyridine rings is 1. The Bertz CT molecular complexity index is 455. The lowest BCUT2D eigenvalue weighted by Gasteiger charge is -2.32. The average molecular weight is 273 g/mol. The van der Waals surface area contributed by atoms with Crippen LogP contribution in [-0.4, -0.2) is 53.6 Å². The number of hydrogen-bond donors (Lipinski definition) is 2. The number of rotatable bonds is 3. The monoisotopic (exact) mass is 272 g/mol. The Morgan fingerprint density at radius 1 is 1.67 bits per heavy atom. The zero-order valence-electron chi connectivity index (χ0n) is 9.54. The molecule has 2 N–H and O–H groups in total. The van der Waals surface area contributed by atoms with Gasteiger partial charge in [-0.25, -0.2) is 9.78 Å². The number of aliphatic hydroxyl groups is 1. The number of anilines is 1. The van der Waals surface area contributed by atoms with Gasteiger partial charge in [0.05, 0.1) is 29.9 Å². The molecule has 1 fully saturated rings. The Kier molecular flexibility index (Phi) is 4.00. The summed E-state index contributed by atoms with van der Waals surface area (Å²) in [5, 5.41) is 18.2. The van der Waals surface area contributed by atoms with E-state index in [0.29, 0.717) is 25.5 Å². The molecule has 1 aliphatic heterocycles. The van der Waals surface area contributed by atoms with Gasteiger partial charge in [0, 0.05) is 19.3 Å². The summed E-state index contributed by atoms with van der Waals surface area (Å²) in [6, 6.07) is 1.43. The topological polar surface area (TPSA) is 82.9 Å². The molecule has 98 valence electrons. The summed E-state index contributed by atoms with van der Waals surface area (Å²) in [5.74, 6) is -0.561. The maximum atomic E-state index is 11.0. The predicted octanol–water partition coefficient (Wildman–Crippen LogP) is 0.631. The van der Waals surface area contributed by atoms with Crippen molar-refractivity contribution < 1.29 is 19.7 Å². The van der Waals surface area contributed by atoms with Crippen LogP contribution in [0.25, 0.3) is 0 Å². The number of ether oxygens (including phenoxy) is 1. The first-order chi connectivity index (χ1) is 8.61. The number of morpholine rings is 1. The van der Waals surface area contributed by atoms with E-state index in [2.05, 4.69) is 4.98 Å². The van der Waals surface area contributed by atoms with Crippen molar-refractivity contribution in [2.75, 3.05) is 31.2 Å². The molecule has 1 aromatic heterocycles. The summed E-state index contributed by atoms with van der Waals surface area (Å²) in [7, 11) is 0. The third kappa shape index (κ3) is 2.72. The molecule has 0 aliphatic carbocycles. The minimum absolute atomic E-state index is 0.0220. The Morgan fingerprint density at radius 2 is 2.44 bits per heavy atom. The van der Waals surface area contributed by atoms with Crippen LogP contribution in [0.2, 0.25) is 5.02 Å². The van der Waals surface area contributed by atoms with Crippen LogP contribution in [0.4, 0.5) is 5.82 Å². The smallest absolute Gasteiger partial charge is 0.337 e. The zero-order valence-corrected chi connectivity index (χ0v) is 10.3. The van der Waals surface area contributed by atoms with E-state index in [1.54, 1.807) is 0 Å². The second-order valence-corrected chi connectivity index (χ2v) is 4.36. The van der Waals surface area contributed by atoms with E-state index in [1.807, 2.05) is 4.90 Å². The molecule has 18 heavy (non-hydrogen) atoms. The first kappa shape index (κ1) is 13.1. The van der Waals surface area contributed by atoms with Crippen molar-refractivity contribution in [3.8, 4) is 0 Å². The van der Waals surface area contributed by atoms with E-state index in [4.69, 9.17) is 26.6 Å². The number of nitrogens with zero attached hydrogens (tertiary/aromatic N) is 2. The number of carboxylic acid groups (broad SMARTS) is 1. The van der Waals surface area contributed by atoms with Gasteiger partial charge >= 0.3 is 5.97 Å². The highest BCUT2D eigenvalue weighted by atomic mass is 35.5. The first-order valence-corrected chi connectivity index (χ1v) is 5.86. The van der Waals surface area contributed by atoms with E-state index >= 15 is 0 Å². The minimum Gasteiger partial charge on any atom is -0.478 e. The van der Waals surface area contributed by atoms with Crippen molar-refractivity contribution in [1.82, 2.24) is 4.98 Å². The summed E-state index contributed by atoms with van der Waals surface area (Å²) in [4.78, 5) is 17.0. The molecule has 2 rings (SSSR count). The van der Waals surface area contributed by atoms with Crippen LogP contribution in [-0.2, 0) is 4.74 Å². The summed E-state index contributed by atoms with van der Waals surface area (Å²) in [6.07, 6.45) is 1.05. The summed E-state index contributed by atoms with van der Waals surface area (Å²) in [6.45, 7) is 1.47. The number of carboxylic acids is 1. The second-order valence-electron chi connectivity index (χ2n) is 3.95. The molecule has 7 heteroatoms. The Morgan fingerprint density at radius 3 is 3.11 bits per heavy atom. The maximum Gasteiger partial charge on any atom is 0.337 e. The summed E-state index contributed by atoms with van der Waals surface area (Å²) < 4.78 is 5.32. The number of aromatic nitrogens is 1. The van der Waals surface area contributed by atoms with E-state index in [0.717, 1.165) is 0 Å². The number of carbonyl (C=O) groups is 1. The molecule has 2 heterocycles. The van der Waals surface area contributed by atoms with Gasteiger partial charge in [-0.05, 0) is 6.07 Å². The fourth-order valence-electron chi connectivity index (χ4n) is 1.80. The third-order valence-corrected chi connectivity index (χ3v) is 3.04. The maximum absolute atomic E-state index is 11.0. The highest BCUT2D eigenvalue weighted by Gasteiger charge is 2.22. The van der Waals surface area contributed by atoms with Gasteiger partial charge in [0.2, 0.25) is 0 Å². The van der Waals surface area contributed by atoms with Gasteiger partial charge < -0.3 is 19.8 Å². The van der Waals surface area contributed by atoms with Crippen LogP contribution in [0, 0.1) is 0 Å². The Balaban J connectivity index is 2.22. The Labute approximate surface area is 109 Å². The van der Waals surface area contributed by atoms with Crippen LogP contribution in [0.15, 0.2) is 12.3 Å². The van der Waals surface area contributed by atoms with Gasteiger partial charge in [-0.15, -0.1) is 0 Å². The van der Waals surface area contributed by atoms with Crippen LogP contribution in [0.5, 0.6) is 0 Å². The molecule has 0 saturated carbocycles. The highest BCUT2D eigenvalue weighted by molar-refractivity contribution is 6.33.